The molecule has 2 aliphatic rings. The second-order valence-electron chi connectivity index (χ2n) is 11.6. The second-order valence-corrected chi connectivity index (χ2v) is 12.7. The summed E-state index contributed by atoms with van der Waals surface area (Å²) in [5.41, 5.74) is 5.78. The van der Waals surface area contributed by atoms with E-state index >= 15 is 0 Å². The minimum absolute atomic E-state index is 0.0146. The normalized spacial score (nSPS) is 19.5. The number of hydrogen-bond donors (Lipinski definition) is 2. The number of esters is 1. The summed E-state index contributed by atoms with van der Waals surface area (Å²) >= 11 is 1.36. The lowest BCUT2D eigenvalue weighted by Crippen LogP contribution is -2.49. The highest BCUT2D eigenvalue weighted by atomic mass is 32.1. The fraction of sp³-hybridized carbons (Fsp3) is 0.645. The van der Waals surface area contributed by atoms with Gasteiger partial charge in [-0.3, -0.25) is 9.69 Å². The fourth-order valence-electron chi connectivity index (χ4n) is 5.30. The predicted octanol–water partition coefficient (Wildman–Crippen LogP) is 4.86. The Morgan fingerprint density at radius 2 is 2.00 bits per heavy atom. The van der Waals surface area contributed by atoms with E-state index in [9.17, 15) is 14.7 Å². The van der Waals surface area contributed by atoms with E-state index in [0.29, 0.717) is 36.9 Å². The lowest BCUT2D eigenvalue weighted by molar-refractivity contribution is -0.127. The third kappa shape index (κ3) is 8.14. The molecule has 2 heterocycles. The topological polar surface area (TPSA) is 104 Å². The molecule has 1 aliphatic heterocycles. The third-order valence-corrected chi connectivity index (χ3v) is 9.45. The Morgan fingerprint density at radius 3 is 2.73 bits per heavy atom. The lowest BCUT2D eigenvalue weighted by Gasteiger charge is -2.34. The van der Waals surface area contributed by atoms with Crippen molar-refractivity contribution in [1.29, 1.82) is 0 Å². The van der Waals surface area contributed by atoms with E-state index in [4.69, 9.17) is 9.47 Å². The molecule has 0 bridgehead atoms. The summed E-state index contributed by atoms with van der Waals surface area (Å²) in [6.45, 7) is 13.0. The molecule has 41 heavy (non-hydrogen) atoms. The molecule has 2 N–H and O–H groups in total. The number of fused-ring (bicyclic) bond motifs is 1. The molecule has 0 spiro atoms. The molecule has 1 aromatic carbocycles. The SMILES string of the molecule is CCC1CCC(O)c2ccc(N(NCCCc3ncc(C(=O)OCCN4CCOCC4)s3)C(=O)C(C)(C)CC)cc21. The number of benzene rings is 1. The average molecular weight is 587 g/mol. The molecular weight excluding hydrogens is 540 g/mol. The molecule has 0 radical (unpaired) electrons. The van der Waals surface area contributed by atoms with Gasteiger partial charge in [-0.1, -0.05) is 33.8 Å². The number of aliphatic hydroxyl groups is 1. The summed E-state index contributed by atoms with van der Waals surface area (Å²) in [7, 11) is 0. The van der Waals surface area contributed by atoms with Gasteiger partial charge in [0.15, 0.2) is 0 Å². The number of nitrogens with one attached hydrogen (secondary N) is 1. The van der Waals surface area contributed by atoms with Crippen LogP contribution in [0.3, 0.4) is 0 Å². The first-order chi connectivity index (χ1) is 19.7. The van der Waals surface area contributed by atoms with E-state index in [-0.39, 0.29) is 11.9 Å². The van der Waals surface area contributed by atoms with E-state index < -0.39 is 11.5 Å². The predicted molar refractivity (Wildman–Crippen MR) is 161 cm³/mol. The maximum Gasteiger partial charge on any atom is 0.350 e. The maximum absolute atomic E-state index is 13.7. The average Bonchev–Trinajstić information content (AvgIpc) is 3.46. The number of amides is 1. The van der Waals surface area contributed by atoms with Gasteiger partial charge in [0.25, 0.3) is 0 Å². The summed E-state index contributed by atoms with van der Waals surface area (Å²) in [4.78, 5) is 33.3. The van der Waals surface area contributed by atoms with Crippen LogP contribution in [0.15, 0.2) is 24.4 Å². The van der Waals surface area contributed by atoms with Crippen molar-refractivity contribution in [2.75, 3.05) is 51.0 Å². The third-order valence-electron chi connectivity index (χ3n) is 8.41. The number of hydrogen-bond acceptors (Lipinski definition) is 9. The highest BCUT2D eigenvalue weighted by Gasteiger charge is 2.33. The van der Waals surface area contributed by atoms with Crippen LogP contribution in [0, 0.1) is 5.41 Å². The van der Waals surface area contributed by atoms with Gasteiger partial charge in [0, 0.05) is 38.0 Å². The standard InChI is InChI=1S/C31H46N4O5S/c1-5-22-9-12-26(36)24-11-10-23(20-25(22)24)35(30(38)31(3,4)6-2)33-13-7-8-28-32-21-27(41-28)29(37)40-19-16-34-14-17-39-18-15-34/h10-11,20-22,26,33,36H,5-9,12-19H2,1-4H3. The minimum atomic E-state index is -0.529. The molecule has 1 amide bonds. The van der Waals surface area contributed by atoms with Crippen LogP contribution in [0.5, 0.6) is 0 Å². The number of hydrazine groups is 1. The first kappa shape index (κ1) is 31.6. The molecule has 0 saturated carbocycles. The van der Waals surface area contributed by atoms with Crippen LogP contribution >= 0.6 is 11.3 Å². The largest absolute Gasteiger partial charge is 0.460 e. The second kappa shape index (κ2) is 14.7. The Bertz CT molecular complexity index is 1160. The molecule has 1 aliphatic carbocycles. The van der Waals surface area contributed by atoms with Crippen LogP contribution in [0.4, 0.5) is 5.69 Å². The van der Waals surface area contributed by atoms with Crippen LogP contribution in [0.2, 0.25) is 0 Å². The quantitative estimate of drug-likeness (QED) is 0.195. The van der Waals surface area contributed by atoms with E-state index in [1.54, 1.807) is 11.2 Å². The number of aliphatic hydroxyl groups excluding tert-OH is 1. The Kier molecular flexibility index (Phi) is 11.3. The summed E-state index contributed by atoms with van der Waals surface area (Å²) in [5, 5.41) is 13.1. The number of morpholine rings is 1. The van der Waals surface area contributed by atoms with E-state index in [2.05, 4.69) is 28.3 Å². The molecular formula is C31H46N4O5S. The summed E-state index contributed by atoms with van der Waals surface area (Å²) in [5.74, 6) is 0.0666. The van der Waals surface area contributed by atoms with Gasteiger partial charge in [0.1, 0.15) is 11.5 Å². The van der Waals surface area contributed by atoms with Crippen molar-refractivity contribution in [3.8, 4) is 0 Å². The molecule has 1 aromatic heterocycles. The number of aryl methyl sites for hydroxylation is 1. The van der Waals surface area contributed by atoms with E-state index in [0.717, 1.165) is 80.2 Å². The lowest BCUT2D eigenvalue weighted by atomic mass is 9.79. The van der Waals surface area contributed by atoms with Gasteiger partial charge >= 0.3 is 5.97 Å². The number of anilines is 1. The van der Waals surface area contributed by atoms with Crippen LogP contribution in [-0.4, -0.2) is 72.9 Å². The molecule has 226 valence electrons. The van der Waals surface area contributed by atoms with Crippen molar-refractivity contribution >= 4 is 28.9 Å². The van der Waals surface area contributed by atoms with E-state index in [1.165, 1.54) is 11.3 Å². The van der Waals surface area contributed by atoms with Gasteiger partial charge in [-0.05, 0) is 61.3 Å². The van der Waals surface area contributed by atoms with Crippen LogP contribution < -0.4 is 10.4 Å². The zero-order valence-corrected chi connectivity index (χ0v) is 25.8. The zero-order valence-electron chi connectivity index (χ0n) is 25.0. The highest BCUT2D eigenvalue weighted by Crippen LogP contribution is 2.41. The molecule has 9 nitrogen and oxygen atoms in total. The number of thiazole rings is 1. The first-order valence-electron chi connectivity index (χ1n) is 15.0. The van der Waals surface area contributed by atoms with Crippen LogP contribution in [0.25, 0.3) is 0 Å². The van der Waals surface area contributed by atoms with Crippen LogP contribution in [-0.2, 0) is 20.7 Å². The van der Waals surface area contributed by atoms with Crippen molar-refractivity contribution in [2.24, 2.45) is 5.41 Å². The Balaban J connectivity index is 1.34. The first-order valence-corrected chi connectivity index (χ1v) is 15.9. The Hall–Kier alpha value is -2.37. The Morgan fingerprint density at radius 1 is 1.22 bits per heavy atom. The van der Waals surface area contributed by atoms with Crippen molar-refractivity contribution in [3.05, 3.63) is 45.4 Å². The molecule has 10 heteroatoms. The van der Waals surface area contributed by atoms with Gasteiger partial charge < -0.3 is 14.6 Å². The maximum atomic E-state index is 13.7. The molecule has 1 saturated heterocycles. The Labute approximate surface area is 248 Å². The van der Waals surface area contributed by atoms with Gasteiger partial charge in [0.2, 0.25) is 5.91 Å². The van der Waals surface area contributed by atoms with Gasteiger partial charge in [-0.25, -0.2) is 20.2 Å². The summed E-state index contributed by atoms with van der Waals surface area (Å²) in [6, 6.07) is 6.00. The van der Waals surface area contributed by atoms with Crippen molar-refractivity contribution < 1.29 is 24.2 Å². The highest BCUT2D eigenvalue weighted by molar-refractivity contribution is 7.13. The molecule has 2 atom stereocenters. The van der Waals surface area contributed by atoms with Gasteiger partial charge in [-0.2, -0.15) is 0 Å². The molecule has 2 unspecified atom stereocenters. The minimum Gasteiger partial charge on any atom is -0.460 e. The molecule has 1 fully saturated rings. The summed E-state index contributed by atoms with van der Waals surface area (Å²) in [6.07, 6.45) is 6.03. The van der Waals surface area contributed by atoms with Crippen molar-refractivity contribution in [2.45, 2.75) is 78.2 Å². The number of rotatable bonds is 13. The fourth-order valence-corrected chi connectivity index (χ4v) is 6.15. The monoisotopic (exact) mass is 586 g/mol. The van der Waals surface area contributed by atoms with Crippen molar-refractivity contribution in [1.82, 2.24) is 15.3 Å². The number of carbonyl (C=O) groups excluding carboxylic acids is 2. The molecule has 2 aromatic rings. The summed E-state index contributed by atoms with van der Waals surface area (Å²) < 4.78 is 10.8. The number of carbonyl (C=O) groups is 2. The number of aromatic nitrogens is 1. The van der Waals surface area contributed by atoms with E-state index in [1.807, 2.05) is 32.9 Å². The smallest absolute Gasteiger partial charge is 0.350 e. The number of nitrogens with zero attached hydrogens (tertiary/aromatic N) is 3. The number of ether oxygens (including phenoxy) is 2. The molecule has 4 rings (SSSR count). The van der Waals surface area contributed by atoms with Crippen molar-refractivity contribution in [3.63, 3.8) is 0 Å². The van der Waals surface area contributed by atoms with Crippen LogP contribution in [0.1, 0.15) is 97.6 Å². The van der Waals surface area contributed by atoms with Gasteiger partial charge in [-0.15, -0.1) is 11.3 Å². The zero-order chi connectivity index (χ0) is 29.4. The van der Waals surface area contributed by atoms with Gasteiger partial charge in [0.05, 0.1) is 36.2 Å².